The van der Waals surface area contributed by atoms with E-state index in [4.69, 9.17) is 4.74 Å². The molecule has 3 aromatic rings. The van der Waals surface area contributed by atoms with Crippen LogP contribution < -0.4 is 25.4 Å². The van der Waals surface area contributed by atoms with Crippen molar-refractivity contribution in [3.8, 4) is 11.5 Å². The third-order valence-electron chi connectivity index (χ3n) is 14.6. The molecule has 63 heavy (non-hydrogen) atoms. The molecule has 4 heterocycles. The molecule has 18 heteroatoms. The molecule has 6 aliphatic rings. The molecular formula is C45H56InN7O10. The van der Waals surface area contributed by atoms with Gasteiger partial charge in [-0.15, -0.1) is 0 Å². The summed E-state index contributed by atoms with van der Waals surface area (Å²) in [5.41, 5.74) is 3.40. The van der Waals surface area contributed by atoms with Crippen LogP contribution in [0, 0.1) is 5.92 Å². The minimum Gasteiger partial charge on any atom is -0.549 e. The van der Waals surface area contributed by atoms with E-state index in [-0.39, 0.29) is 109 Å². The van der Waals surface area contributed by atoms with Crippen molar-refractivity contribution in [2.45, 2.75) is 68.2 Å². The van der Waals surface area contributed by atoms with Gasteiger partial charge < -0.3 is 54.5 Å². The number of ether oxygens (including phenoxy) is 1. The van der Waals surface area contributed by atoms with E-state index in [0.29, 0.717) is 63.5 Å². The number of aliphatic hydroxyl groups is 1. The number of amides is 1. The van der Waals surface area contributed by atoms with E-state index >= 15 is 0 Å². The van der Waals surface area contributed by atoms with Crippen molar-refractivity contribution >= 4 is 60.6 Å². The second-order valence-corrected chi connectivity index (χ2v) is 18.4. The number of benzene rings is 2. The molecule has 2 saturated heterocycles. The Balaban J connectivity index is 0.00000544. The molecule has 2 bridgehead atoms. The minimum atomic E-state index is -1.29. The standard InChI is InChI=1S/C45H59N7O10.In/c53-34-9-8-30-22-35-45(61)23-32-31-4-1-2-5-33(31)52(41(32)43-44(45,40(30)42(34)62-43)10-13-51(35)24-29-6-7-29)12-3-11-46-36(54)25-47-14-16-48(26-37(55)56)18-20-50(28-39(59)60)21-19-49(17-15-47)27-38(57)58;/h1-2,4-5,8-9,29,35,43,53,61H,3,6-7,10-28H2,(H,46,54)(H,55,56)(H,57,58)(H,59,60);/q;+3/p-3/t35-,43+,44+,45-;/m1./s1. The first-order valence-corrected chi connectivity index (χ1v) is 22.2. The molecule has 1 saturated carbocycles. The van der Waals surface area contributed by atoms with Gasteiger partial charge in [0.15, 0.2) is 17.6 Å². The van der Waals surface area contributed by atoms with Crippen LogP contribution in [0.2, 0.25) is 0 Å². The number of aliphatic carboxylic acids is 3. The number of aromatic nitrogens is 1. The van der Waals surface area contributed by atoms with E-state index in [1.165, 1.54) is 12.8 Å². The number of aromatic hydroxyl groups is 1. The van der Waals surface area contributed by atoms with Crippen molar-refractivity contribution in [3.63, 3.8) is 0 Å². The molecule has 2 aromatic carbocycles. The van der Waals surface area contributed by atoms with Gasteiger partial charge in [-0.3, -0.25) is 29.3 Å². The van der Waals surface area contributed by atoms with Gasteiger partial charge >= 0.3 is 25.8 Å². The van der Waals surface area contributed by atoms with E-state index in [9.17, 15) is 44.7 Å². The van der Waals surface area contributed by atoms with E-state index in [1.54, 1.807) is 20.8 Å². The van der Waals surface area contributed by atoms with Crippen LogP contribution in [0.4, 0.5) is 0 Å². The van der Waals surface area contributed by atoms with Gasteiger partial charge in [-0.05, 0) is 67.8 Å². The van der Waals surface area contributed by atoms with Gasteiger partial charge in [0.05, 0.1) is 41.2 Å². The number of nitrogens with one attached hydrogen (secondary N) is 1. The number of carboxylic acids is 3. The van der Waals surface area contributed by atoms with Crippen molar-refractivity contribution < 1.29 is 49.4 Å². The fourth-order valence-electron chi connectivity index (χ4n) is 11.5. The summed E-state index contributed by atoms with van der Waals surface area (Å²) < 4.78 is 9.22. The fourth-order valence-corrected chi connectivity index (χ4v) is 11.5. The van der Waals surface area contributed by atoms with E-state index in [2.05, 4.69) is 26.9 Å². The van der Waals surface area contributed by atoms with Crippen LogP contribution in [-0.2, 0) is 44.0 Å². The second-order valence-electron chi connectivity index (χ2n) is 18.4. The molecule has 4 atom stereocenters. The Bertz CT molecular complexity index is 2200. The molecule has 334 valence electrons. The maximum Gasteiger partial charge on any atom is 3.00 e. The zero-order valence-electron chi connectivity index (χ0n) is 35.7. The number of para-hydroxylation sites is 1. The zero-order valence-corrected chi connectivity index (χ0v) is 39.0. The molecule has 0 unspecified atom stereocenters. The minimum absolute atomic E-state index is 0. The summed E-state index contributed by atoms with van der Waals surface area (Å²) in [6.45, 7) is 3.63. The third kappa shape index (κ3) is 8.80. The van der Waals surface area contributed by atoms with Crippen molar-refractivity contribution in [2.24, 2.45) is 5.92 Å². The van der Waals surface area contributed by atoms with Crippen LogP contribution >= 0.6 is 0 Å². The number of likely N-dealkylation sites (tertiary alicyclic amines) is 1. The first-order chi connectivity index (χ1) is 29.8. The first-order valence-electron chi connectivity index (χ1n) is 22.2. The molecule has 1 amide bonds. The Morgan fingerprint density at radius 3 is 1.97 bits per heavy atom. The van der Waals surface area contributed by atoms with Gasteiger partial charge in [-0.25, -0.2) is 0 Å². The number of fused-ring (bicyclic) bond motifs is 4. The quantitative estimate of drug-likeness (QED) is 0.135. The van der Waals surface area contributed by atoms with Crippen LogP contribution in [0.15, 0.2) is 36.4 Å². The maximum absolute atomic E-state index is 13.6. The normalized spacial score (nSPS) is 26.7. The molecule has 17 nitrogen and oxygen atoms in total. The number of piperidine rings is 1. The van der Waals surface area contributed by atoms with Crippen LogP contribution in [0.3, 0.4) is 0 Å². The monoisotopic (exact) mass is 969 g/mol. The number of carbonyl (C=O) groups is 4. The Labute approximate surface area is 385 Å². The van der Waals surface area contributed by atoms with Crippen LogP contribution in [0.5, 0.6) is 11.5 Å². The summed E-state index contributed by atoms with van der Waals surface area (Å²) in [7, 11) is 0. The third-order valence-corrected chi connectivity index (χ3v) is 14.6. The van der Waals surface area contributed by atoms with Crippen molar-refractivity contribution in [1.82, 2.24) is 34.4 Å². The number of hydrogen-bond acceptors (Lipinski definition) is 15. The van der Waals surface area contributed by atoms with Gasteiger partial charge in [0.25, 0.3) is 0 Å². The van der Waals surface area contributed by atoms with Gasteiger partial charge in [0, 0.05) is 121 Å². The molecule has 0 radical (unpaired) electrons. The first kappa shape index (κ1) is 45.7. The Morgan fingerprint density at radius 1 is 0.794 bits per heavy atom. The summed E-state index contributed by atoms with van der Waals surface area (Å²) in [6.07, 6.45) is 4.44. The number of aryl methyl sites for hydroxylation is 1. The number of rotatable bonds is 14. The summed E-state index contributed by atoms with van der Waals surface area (Å²) in [4.78, 5) is 57.4. The Morgan fingerprint density at radius 2 is 1.38 bits per heavy atom. The predicted molar refractivity (Wildman–Crippen MR) is 224 cm³/mol. The number of nitrogens with zero attached hydrogens (tertiary/aromatic N) is 6. The second kappa shape index (κ2) is 18.5. The average Bonchev–Trinajstić information content (AvgIpc) is 3.89. The van der Waals surface area contributed by atoms with Crippen LogP contribution in [0.25, 0.3) is 10.9 Å². The average molecular weight is 970 g/mol. The number of hydrogen-bond donors (Lipinski definition) is 3. The van der Waals surface area contributed by atoms with Gasteiger partial charge in [-0.2, -0.15) is 0 Å². The molecule has 1 spiro atoms. The molecule has 9 rings (SSSR count). The van der Waals surface area contributed by atoms with Gasteiger partial charge in [0.1, 0.15) is 0 Å². The predicted octanol–water partition coefficient (Wildman–Crippen LogP) is -3.36. The van der Waals surface area contributed by atoms with E-state index in [1.807, 2.05) is 23.1 Å². The molecule has 3 fully saturated rings. The van der Waals surface area contributed by atoms with Crippen LogP contribution in [0.1, 0.15) is 54.2 Å². The SMILES string of the molecule is O=C([O-])CN1CCN(CC(=O)[O-])CCN(CC(=O)NCCCn2c3c(c4ccccc42)C[C@@]2(O)[C@H]4Cc5ccc(O)c6c5[C@@]2(CCN4CC2CC2)[C@H]3O6)CCN(CC(=O)[O-])CC1.[In+3]. The van der Waals surface area contributed by atoms with Gasteiger partial charge in [0.2, 0.25) is 5.91 Å². The molecule has 3 aliphatic carbocycles. The van der Waals surface area contributed by atoms with Crippen molar-refractivity contribution in [1.29, 1.82) is 0 Å². The summed E-state index contributed by atoms with van der Waals surface area (Å²) >= 11 is 0. The largest absolute Gasteiger partial charge is 3.00 e. The number of phenols is 1. The van der Waals surface area contributed by atoms with Crippen molar-refractivity contribution in [3.05, 3.63) is 58.8 Å². The summed E-state index contributed by atoms with van der Waals surface area (Å²) in [6, 6.07) is 11.9. The Kier molecular flexibility index (Phi) is 13.4. The van der Waals surface area contributed by atoms with Crippen molar-refractivity contribution in [2.75, 3.05) is 98.2 Å². The maximum atomic E-state index is 13.6. The molecule has 1 aromatic heterocycles. The molecule has 3 aliphatic heterocycles. The summed E-state index contributed by atoms with van der Waals surface area (Å²) in [5, 5.41) is 63.3. The topological polar surface area (TPSA) is 220 Å². The molecule has 3 N–H and O–H groups in total. The smallest absolute Gasteiger partial charge is 0.549 e. The number of carbonyl (C=O) groups excluding carboxylic acids is 4. The molecular weight excluding hydrogens is 913 g/mol. The van der Waals surface area contributed by atoms with E-state index < -0.39 is 35.0 Å². The zero-order chi connectivity index (χ0) is 43.3. The van der Waals surface area contributed by atoms with Gasteiger partial charge in [-0.1, -0.05) is 24.3 Å². The fraction of sp³-hybridized carbons (Fsp3) is 0.600. The van der Waals surface area contributed by atoms with Crippen LogP contribution in [-0.4, -0.2) is 199 Å². The summed E-state index contributed by atoms with van der Waals surface area (Å²) in [5.74, 6) is -2.81. The number of phenolic OH excluding ortho intramolecular Hbond substituents is 1. The Hall–Kier alpha value is -3.91. The van der Waals surface area contributed by atoms with E-state index in [0.717, 1.165) is 46.4 Å². The number of carboxylic acid groups (broad SMARTS) is 3.